The highest BCUT2D eigenvalue weighted by atomic mass is 15.4. The summed E-state index contributed by atoms with van der Waals surface area (Å²) >= 11 is 0. The van der Waals surface area contributed by atoms with Crippen molar-refractivity contribution in [1.29, 1.82) is 0 Å². The Morgan fingerprint density at radius 1 is 1.13 bits per heavy atom. The summed E-state index contributed by atoms with van der Waals surface area (Å²) in [5.41, 5.74) is 1.65. The van der Waals surface area contributed by atoms with Crippen molar-refractivity contribution in [3.05, 3.63) is 30.7 Å². The first-order valence-corrected chi connectivity index (χ1v) is 7.68. The van der Waals surface area contributed by atoms with Gasteiger partial charge in [0.1, 0.15) is 24.4 Å². The van der Waals surface area contributed by atoms with Gasteiger partial charge < -0.3 is 0 Å². The zero-order valence-corrected chi connectivity index (χ0v) is 14.2. The standard InChI is InChI=1S/C15H22N8/c1-11(2)22-7-12(6-17-22)13-8-21(20-19-13)9-14-16-10-18-23(14)15(3,4)5/h6-8,10-11H,9H2,1-5H3. The minimum Gasteiger partial charge on any atom is -0.270 e. The molecule has 0 unspecified atom stereocenters. The van der Waals surface area contributed by atoms with Crippen molar-refractivity contribution in [2.45, 2.75) is 52.7 Å². The third-order valence-corrected chi connectivity index (χ3v) is 3.52. The predicted octanol–water partition coefficient (Wildman–Crippen LogP) is 2.12. The Labute approximate surface area is 135 Å². The van der Waals surface area contributed by atoms with Gasteiger partial charge in [0.2, 0.25) is 0 Å². The number of hydrogen-bond acceptors (Lipinski definition) is 5. The van der Waals surface area contributed by atoms with Gasteiger partial charge in [-0.15, -0.1) is 5.10 Å². The van der Waals surface area contributed by atoms with Gasteiger partial charge in [-0.05, 0) is 34.6 Å². The normalized spacial score (nSPS) is 12.3. The van der Waals surface area contributed by atoms with Crippen LogP contribution in [0.15, 0.2) is 24.9 Å². The van der Waals surface area contributed by atoms with Gasteiger partial charge in [-0.25, -0.2) is 14.3 Å². The summed E-state index contributed by atoms with van der Waals surface area (Å²) in [5.74, 6) is 0.854. The minimum atomic E-state index is -0.117. The molecule has 0 atom stereocenters. The highest BCUT2D eigenvalue weighted by Gasteiger charge is 2.19. The maximum atomic E-state index is 4.34. The van der Waals surface area contributed by atoms with E-state index >= 15 is 0 Å². The highest BCUT2D eigenvalue weighted by Crippen LogP contribution is 2.18. The van der Waals surface area contributed by atoms with Crippen LogP contribution >= 0.6 is 0 Å². The summed E-state index contributed by atoms with van der Waals surface area (Å²) in [4.78, 5) is 4.33. The smallest absolute Gasteiger partial charge is 0.149 e. The quantitative estimate of drug-likeness (QED) is 0.737. The molecule has 3 aromatic rings. The lowest BCUT2D eigenvalue weighted by molar-refractivity contribution is 0.336. The van der Waals surface area contributed by atoms with E-state index in [0.29, 0.717) is 12.6 Å². The van der Waals surface area contributed by atoms with E-state index in [4.69, 9.17) is 0 Å². The number of aromatic nitrogens is 8. The predicted molar refractivity (Wildman–Crippen MR) is 85.7 cm³/mol. The van der Waals surface area contributed by atoms with Crippen molar-refractivity contribution in [3.8, 4) is 11.3 Å². The minimum absolute atomic E-state index is 0.117. The molecule has 0 fully saturated rings. The van der Waals surface area contributed by atoms with Gasteiger partial charge in [0, 0.05) is 17.8 Å². The molecule has 0 bridgehead atoms. The molecule has 23 heavy (non-hydrogen) atoms. The molecular formula is C15H22N8. The molecule has 0 spiro atoms. The molecule has 0 aromatic carbocycles. The molecule has 8 nitrogen and oxygen atoms in total. The molecule has 0 N–H and O–H groups in total. The summed E-state index contributed by atoms with van der Waals surface area (Å²) in [6, 6.07) is 0.323. The zero-order chi connectivity index (χ0) is 16.6. The van der Waals surface area contributed by atoms with Crippen molar-refractivity contribution in [3.63, 3.8) is 0 Å². The Hall–Kier alpha value is -2.51. The third-order valence-electron chi connectivity index (χ3n) is 3.52. The van der Waals surface area contributed by atoms with E-state index in [2.05, 4.69) is 60.1 Å². The number of rotatable bonds is 4. The molecule has 0 aliphatic carbocycles. The second kappa shape index (κ2) is 5.60. The topological polar surface area (TPSA) is 79.2 Å². The van der Waals surface area contributed by atoms with Gasteiger partial charge in [0.15, 0.2) is 0 Å². The average Bonchev–Trinajstić information content (AvgIpc) is 3.17. The van der Waals surface area contributed by atoms with E-state index in [1.807, 2.05) is 28.0 Å². The van der Waals surface area contributed by atoms with Crippen LogP contribution in [0.2, 0.25) is 0 Å². The third kappa shape index (κ3) is 3.15. The van der Waals surface area contributed by atoms with E-state index < -0.39 is 0 Å². The fourth-order valence-corrected chi connectivity index (χ4v) is 2.34. The van der Waals surface area contributed by atoms with Gasteiger partial charge >= 0.3 is 0 Å². The molecule has 8 heteroatoms. The maximum absolute atomic E-state index is 4.34. The number of hydrogen-bond donors (Lipinski definition) is 0. The van der Waals surface area contributed by atoms with E-state index in [-0.39, 0.29) is 5.54 Å². The van der Waals surface area contributed by atoms with Gasteiger partial charge in [-0.2, -0.15) is 10.2 Å². The van der Waals surface area contributed by atoms with Crippen LogP contribution in [0.3, 0.4) is 0 Å². The first-order chi connectivity index (χ1) is 10.8. The van der Waals surface area contributed by atoms with Crippen LogP contribution in [-0.2, 0) is 12.1 Å². The van der Waals surface area contributed by atoms with Crippen LogP contribution in [-0.4, -0.2) is 39.5 Å². The van der Waals surface area contributed by atoms with Gasteiger partial charge in [-0.3, -0.25) is 4.68 Å². The SMILES string of the molecule is CC(C)n1cc(-c2cn(Cc3ncnn3C(C)(C)C)nn2)cn1. The highest BCUT2D eigenvalue weighted by molar-refractivity contribution is 5.55. The first-order valence-electron chi connectivity index (χ1n) is 7.68. The summed E-state index contributed by atoms with van der Waals surface area (Å²) < 4.78 is 5.59. The number of nitrogens with zero attached hydrogens (tertiary/aromatic N) is 8. The van der Waals surface area contributed by atoms with Crippen molar-refractivity contribution in [2.24, 2.45) is 0 Å². The average molecular weight is 314 g/mol. The van der Waals surface area contributed by atoms with Gasteiger partial charge in [-0.1, -0.05) is 5.21 Å². The van der Waals surface area contributed by atoms with Gasteiger partial charge in [0.05, 0.1) is 17.9 Å². The second-order valence-electron chi connectivity index (χ2n) is 6.86. The Kier molecular flexibility index (Phi) is 3.75. The summed E-state index contributed by atoms with van der Waals surface area (Å²) in [6.45, 7) is 11.0. The Balaban J connectivity index is 1.81. The van der Waals surface area contributed by atoms with E-state index in [9.17, 15) is 0 Å². The molecule has 122 valence electrons. The van der Waals surface area contributed by atoms with Gasteiger partial charge in [0.25, 0.3) is 0 Å². The molecule has 0 aliphatic rings. The summed E-state index contributed by atoms with van der Waals surface area (Å²) in [5, 5.41) is 17.1. The van der Waals surface area contributed by atoms with Crippen LogP contribution in [0.5, 0.6) is 0 Å². The van der Waals surface area contributed by atoms with Crippen LogP contribution in [0.4, 0.5) is 0 Å². The molecule has 3 heterocycles. The Morgan fingerprint density at radius 2 is 1.91 bits per heavy atom. The summed E-state index contributed by atoms with van der Waals surface area (Å²) in [7, 11) is 0. The lowest BCUT2D eigenvalue weighted by Gasteiger charge is -2.20. The summed E-state index contributed by atoms with van der Waals surface area (Å²) in [6.07, 6.45) is 7.27. The lowest BCUT2D eigenvalue weighted by Crippen LogP contribution is -2.26. The molecule has 3 aromatic heterocycles. The molecule has 0 radical (unpaired) electrons. The molecule has 0 saturated carbocycles. The largest absolute Gasteiger partial charge is 0.270 e. The zero-order valence-electron chi connectivity index (χ0n) is 14.2. The van der Waals surface area contributed by atoms with Crippen molar-refractivity contribution in [1.82, 2.24) is 39.5 Å². The molecular weight excluding hydrogens is 292 g/mol. The lowest BCUT2D eigenvalue weighted by atomic mass is 10.1. The van der Waals surface area contributed by atoms with Crippen LogP contribution in [0.1, 0.15) is 46.5 Å². The van der Waals surface area contributed by atoms with E-state index in [0.717, 1.165) is 17.1 Å². The van der Waals surface area contributed by atoms with Crippen molar-refractivity contribution < 1.29 is 0 Å². The van der Waals surface area contributed by atoms with Crippen LogP contribution in [0.25, 0.3) is 11.3 Å². The molecule has 0 saturated heterocycles. The molecule has 3 rings (SSSR count). The van der Waals surface area contributed by atoms with Crippen LogP contribution in [0, 0.1) is 0 Å². The monoisotopic (exact) mass is 314 g/mol. The second-order valence-corrected chi connectivity index (χ2v) is 6.86. The first kappa shape index (κ1) is 15.4. The van der Waals surface area contributed by atoms with Crippen molar-refractivity contribution >= 4 is 0 Å². The fraction of sp³-hybridized carbons (Fsp3) is 0.533. The Bertz CT molecular complexity index is 786. The van der Waals surface area contributed by atoms with E-state index in [1.165, 1.54) is 0 Å². The Morgan fingerprint density at radius 3 is 2.57 bits per heavy atom. The maximum Gasteiger partial charge on any atom is 0.149 e. The van der Waals surface area contributed by atoms with Crippen LogP contribution < -0.4 is 0 Å². The van der Waals surface area contributed by atoms with Crippen molar-refractivity contribution in [2.75, 3.05) is 0 Å². The van der Waals surface area contributed by atoms with E-state index in [1.54, 1.807) is 11.0 Å². The molecule has 0 amide bonds. The molecule has 0 aliphatic heterocycles. The fourth-order valence-electron chi connectivity index (χ4n) is 2.34.